The Bertz CT molecular complexity index is 817. The van der Waals surface area contributed by atoms with Crippen LogP contribution in [0.3, 0.4) is 0 Å². The molecule has 0 fully saturated rings. The molecule has 0 spiro atoms. The average Bonchev–Trinajstić information content (AvgIpc) is 3.04. The summed E-state index contributed by atoms with van der Waals surface area (Å²) < 4.78 is 27.8. The summed E-state index contributed by atoms with van der Waals surface area (Å²) >= 11 is 0. The Morgan fingerprint density at radius 2 is 2.00 bits per heavy atom. The molecule has 25 heavy (non-hydrogen) atoms. The molecule has 130 valence electrons. The monoisotopic (exact) mass is 343 g/mol. The van der Waals surface area contributed by atoms with E-state index in [1.54, 1.807) is 4.68 Å². The summed E-state index contributed by atoms with van der Waals surface area (Å²) in [5.74, 6) is 0. The fourth-order valence-corrected chi connectivity index (χ4v) is 2.31. The van der Waals surface area contributed by atoms with E-state index in [0.717, 1.165) is 16.8 Å². The van der Waals surface area contributed by atoms with Crippen LogP contribution >= 0.6 is 0 Å². The number of carbonyl (C=O) groups is 1. The topological polar surface area (TPSA) is 47.2 Å². The number of nitrogens with zero attached hydrogens (tertiary/aromatic N) is 3. The second-order valence-electron chi connectivity index (χ2n) is 5.51. The van der Waals surface area contributed by atoms with Crippen molar-refractivity contribution in [2.75, 3.05) is 7.05 Å². The van der Waals surface area contributed by atoms with Crippen molar-refractivity contribution < 1.29 is 13.6 Å². The summed E-state index contributed by atoms with van der Waals surface area (Å²) in [5, 5.41) is 4.32. The van der Waals surface area contributed by atoms with Crippen LogP contribution in [-0.4, -0.2) is 35.3 Å². The van der Waals surface area contributed by atoms with Crippen LogP contribution in [0.2, 0.25) is 0 Å². The van der Waals surface area contributed by atoms with E-state index in [-0.39, 0.29) is 23.3 Å². The number of aldehydes is 1. The number of aliphatic imine (C=N–C) groups is 1. The van der Waals surface area contributed by atoms with Gasteiger partial charge < -0.3 is 0 Å². The van der Waals surface area contributed by atoms with Crippen LogP contribution in [0.4, 0.5) is 8.78 Å². The third-order valence-corrected chi connectivity index (χ3v) is 3.73. The van der Waals surface area contributed by atoms with Gasteiger partial charge in [-0.15, -0.1) is 0 Å². The molecule has 0 radical (unpaired) electrons. The van der Waals surface area contributed by atoms with Gasteiger partial charge in [-0.1, -0.05) is 30.8 Å². The molecule has 2 aromatic rings. The summed E-state index contributed by atoms with van der Waals surface area (Å²) in [6, 6.07) is 9.36. The van der Waals surface area contributed by atoms with Crippen LogP contribution in [0, 0.1) is 0 Å². The molecule has 1 aromatic carbocycles. The number of benzene rings is 1. The molecule has 4 nitrogen and oxygen atoms in total. The molecule has 0 bridgehead atoms. The minimum Gasteiger partial charge on any atom is -0.296 e. The van der Waals surface area contributed by atoms with Crippen molar-refractivity contribution in [1.82, 2.24) is 9.78 Å². The van der Waals surface area contributed by atoms with Crippen molar-refractivity contribution in [3.63, 3.8) is 0 Å². The number of hydrogen-bond donors (Lipinski definition) is 0. The maximum atomic E-state index is 13.0. The molecule has 0 amide bonds. The fraction of sp³-hybridized carbons (Fsp3) is 0.211. The Hall–Kier alpha value is -2.89. The molecule has 1 aromatic heterocycles. The van der Waals surface area contributed by atoms with E-state index >= 15 is 0 Å². The van der Waals surface area contributed by atoms with E-state index in [2.05, 4.69) is 16.7 Å². The van der Waals surface area contributed by atoms with Gasteiger partial charge in [-0.25, -0.2) is 8.78 Å². The molecular formula is C19H19F2N3O. The average molecular weight is 343 g/mol. The van der Waals surface area contributed by atoms with Crippen molar-refractivity contribution in [3.8, 4) is 11.3 Å². The maximum absolute atomic E-state index is 13.0. The lowest BCUT2D eigenvalue weighted by Crippen LogP contribution is -2.06. The Labute approximate surface area is 145 Å². The zero-order valence-corrected chi connectivity index (χ0v) is 14.1. The molecule has 0 unspecified atom stereocenters. The first-order chi connectivity index (χ1) is 11.9. The number of halogens is 2. The lowest BCUT2D eigenvalue weighted by atomic mass is 9.97. The first-order valence-electron chi connectivity index (χ1n) is 7.63. The van der Waals surface area contributed by atoms with Crippen molar-refractivity contribution in [1.29, 1.82) is 0 Å². The number of rotatable bonds is 7. The van der Waals surface area contributed by atoms with Crippen molar-refractivity contribution in [2.24, 2.45) is 12.0 Å². The molecule has 0 atom stereocenters. The third-order valence-electron chi connectivity index (χ3n) is 3.73. The number of hydrogen-bond acceptors (Lipinski definition) is 3. The Morgan fingerprint density at radius 1 is 1.32 bits per heavy atom. The minimum atomic E-state index is -2.69. The van der Waals surface area contributed by atoms with E-state index in [1.807, 2.05) is 43.6 Å². The van der Waals surface area contributed by atoms with Crippen LogP contribution in [0.25, 0.3) is 11.3 Å². The van der Waals surface area contributed by atoms with Crippen LogP contribution in [-0.2, 0) is 18.3 Å². The zero-order valence-electron chi connectivity index (χ0n) is 14.1. The number of carbonyl (C=O) groups excluding carboxylic acids is 1. The first-order valence-corrected chi connectivity index (χ1v) is 7.63. The molecule has 0 aliphatic heterocycles. The van der Waals surface area contributed by atoms with E-state index in [1.165, 1.54) is 13.1 Å². The predicted molar refractivity (Wildman–Crippen MR) is 95.0 cm³/mol. The highest BCUT2D eigenvalue weighted by atomic mass is 19.3. The standard InChI is InChI=1S/C19H19F2N3O/c1-13(19(20)21)16(11-17(12-25)22-2)10-14-4-6-15(7-5-14)18-8-9-24(3)23-18/h4-9,11-12,19H,1,10H2,2-3H3/b16-11-,22-17+. The predicted octanol–water partition coefficient (Wildman–Crippen LogP) is 3.65. The second-order valence-corrected chi connectivity index (χ2v) is 5.51. The lowest BCUT2D eigenvalue weighted by molar-refractivity contribution is -0.102. The largest absolute Gasteiger partial charge is 0.296 e. The first kappa shape index (κ1) is 18.4. The van der Waals surface area contributed by atoms with Gasteiger partial charge in [0, 0.05) is 31.4 Å². The normalized spacial score (nSPS) is 12.5. The van der Waals surface area contributed by atoms with Gasteiger partial charge in [-0.2, -0.15) is 5.10 Å². The molecular weight excluding hydrogens is 324 g/mol. The third kappa shape index (κ3) is 4.79. The minimum absolute atomic E-state index is 0.0990. The summed E-state index contributed by atoms with van der Waals surface area (Å²) in [6.45, 7) is 3.44. The molecule has 0 saturated carbocycles. The fourth-order valence-electron chi connectivity index (χ4n) is 2.31. The summed E-state index contributed by atoms with van der Waals surface area (Å²) in [5.41, 5.74) is 2.68. The molecule has 0 saturated heterocycles. The number of alkyl halides is 2. The maximum Gasteiger partial charge on any atom is 0.263 e. The molecule has 0 aliphatic carbocycles. The molecule has 0 aliphatic rings. The summed E-state index contributed by atoms with van der Waals surface area (Å²) in [6.07, 6.45) is 1.28. The quantitative estimate of drug-likeness (QED) is 0.438. The van der Waals surface area contributed by atoms with E-state index < -0.39 is 6.43 Å². The van der Waals surface area contributed by atoms with E-state index in [9.17, 15) is 13.6 Å². The highest BCUT2D eigenvalue weighted by Crippen LogP contribution is 2.23. The van der Waals surface area contributed by atoms with Crippen LogP contribution in [0.1, 0.15) is 5.56 Å². The summed E-state index contributed by atoms with van der Waals surface area (Å²) in [4.78, 5) is 14.7. The van der Waals surface area contributed by atoms with Gasteiger partial charge in [0.05, 0.1) is 11.4 Å². The number of aryl methyl sites for hydroxylation is 1. The molecule has 1 heterocycles. The van der Waals surface area contributed by atoms with Gasteiger partial charge in [-0.05, 0) is 29.7 Å². The zero-order chi connectivity index (χ0) is 18.4. The smallest absolute Gasteiger partial charge is 0.263 e. The van der Waals surface area contributed by atoms with E-state index in [0.29, 0.717) is 6.29 Å². The van der Waals surface area contributed by atoms with Gasteiger partial charge >= 0.3 is 0 Å². The van der Waals surface area contributed by atoms with Gasteiger partial charge in [0.25, 0.3) is 6.43 Å². The van der Waals surface area contributed by atoms with Crippen molar-refractivity contribution >= 4 is 12.0 Å². The van der Waals surface area contributed by atoms with Gasteiger partial charge in [0.1, 0.15) is 0 Å². The van der Waals surface area contributed by atoms with E-state index in [4.69, 9.17) is 0 Å². The van der Waals surface area contributed by atoms with Gasteiger partial charge in [0.15, 0.2) is 6.29 Å². The van der Waals surface area contributed by atoms with Gasteiger partial charge in [-0.3, -0.25) is 14.5 Å². The van der Waals surface area contributed by atoms with Crippen LogP contribution in [0.5, 0.6) is 0 Å². The molecule has 2 rings (SSSR count). The summed E-state index contributed by atoms with van der Waals surface area (Å²) in [7, 11) is 3.27. The number of allylic oxidation sites excluding steroid dienone is 3. The number of aromatic nitrogens is 2. The van der Waals surface area contributed by atoms with Crippen LogP contribution < -0.4 is 0 Å². The molecule has 6 heteroatoms. The van der Waals surface area contributed by atoms with Crippen molar-refractivity contribution in [2.45, 2.75) is 12.8 Å². The van der Waals surface area contributed by atoms with Gasteiger partial charge in [0.2, 0.25) is 0 Å². The lowest BCUT2D eigenvalue weighted by Gasteiger charge is -2.11. The highest BCUT2D eigenvalue weighted by Gasteiger charge is 2.15. The Morgan fingerprint density at radius 3 is 2.48 bits per heavy atom. The SMILES string of the molecule is C=C(/C(=C\C(C=O)=N/C)Cc1ccc(-c2ccn(C)n2)cc1)C(F)F. The highest BCUT2D eigenvalue weighted by molar-refractivity contribution is 6.34. The Kier molecular flexibility index (Phi) is 6.11. The van der Waals surface area contributed by atoms with Crippen molar-refractivity contribution in [3.05, 3.63) is 65.9 Å². The molecule has 0 N–H and O–H groups in total. The second kappa shape index (κ2) is 8.28. The van der Waals surface area contributed by atoms with Crippen LogP contribution in [0.15, 0.2) is 65.3 Å². The Balaban J connectivity index is 2.26.